The van der Waals surface area contributed by atoms with E-state index in [0.29, 0.717) is 6.04 Å². The molecule has 1 heterocycles. The predicted molar refractivity (Wildman–Crippen MR) is 81.3 cm³/mol. The number of aryl methyl sites for hydroxylation is 1. The molecule has 0 bridgehead atoms. The first-order valence-electron chi connectivity index (χ1n) is 7.37. The van der Waals surface area contributed by atoms with Crippen LogP contribution >= 0.6 is 0 Å². The van der Waals surface area contributed by atoms with Crippen LogP contribution in [0.4, 0.5) is 5.69 Å². The molecule has 1 aromatic rings. The molecule has 1 aromatic carbocycles. The maximum Gasteiger partial charge on any atom is 0.119 e. The van der Waals surface area contributed by atoms with Crippen molar-refractivity contribution in [3.8, 4) is 5.75 Å². The van der Waals surface area contributed by atoms with Crippen molar-refractivity contribution in [2.75, 3.05) is 31.6 Å². The van der Waals surface area contributed by atoms with Gasteiger partial charge >= 0.3 is 0 Å². The summed E-state index contributed by atoms with van der Waals surface area (Å²) < 4.78 is 5.29. The molecule has 2 rings (SSSR count). The van der Waals surface area contributed by atoms with Crippen LogP contribution in [0, 0.1) is 6.92 Å². The van der Waals surface area contributed by atoms with Crippen molar-refractivity contribution >= 4 is 5.69 Å². The van der Waals surface area contributed by atoms with Gasteiger partial charge in [-0.3, -0.25) is 0 Å². The van der Waals surface area contributed by atoms with Gasteiger partial charge < -0.3 is 15.0 Å². The molecule has 1 unspecified atom stereocenters. The predicted octanol–water partition coefficient (Wildman–Crippen LogP) is 2.97. The number of hydrogen-bond donors (Lipinski definition) is 1. The van der Waals surface area contributed by atoms with Crippen LogP contribution in [0.15, 0.2) is 18.2 Å². The van der Waals surface area contributed by atoms with Crippen LogP contribution < -0.4 is 15.0 Å². The zero-order valence-corrected chi connectivity index (χ0v) is 12.4. The summed E-state index contributed by atoms with van der Waals surface area (Å²) in [6.45, 7) is 7.82. The number of anilines is 1. The number of nitrogens with one attached hydrogen (secondary N) is 1. The van der Waals surface area contributed by atoms with Gasteiger partial charge in [0.15, 0.2) is 0 Å². The molecule has 0 aliphatic carbocycles. The second-order valence-corrected chi connectivity index (χ2v) is 5.39. The summed E-state index contributed by atoms with van der Waals surface area (Å²) >= 11 is 0. The molecule has 19 heavy (non-hydrogen) atoms. The van der Waals surface area contributed by atoms with Crippen molar-refractivity contribution in [2.24, 2.45) is 0 Å². The molecule has 1 atom stereocenters. The van der Waals surface area contributed by atoms with E-state index < -0.39 is 0 Å². The van der Waals surface area contributed by atoms with Gasteiger partial charge in [0.2, 0.25) is 0 Å². The SMILES string of the molecule is CCCC1CN(c2ccc(OC)cc2C)CCCN1. The molecule has 0 spiro atoms. The third-order valence-electron chi connectivity index (χ3n) is 3.86. The summed E-state index contributed by atoms with van der Waals surface area (Å²) in [5.74, 6) is 0.944. The van der Waals surface area contributed by atoms with E-state index in [9.17, 15) is 0 Å². The highest BCUT2D eigenvalue weighted by molar-refractivity contribution is 5.56. The summed E-state index contributed by atoms with van der Waals surface area (Å²) in [6, 6.07) is 7.01. The van der Waals surface area contributed by atoms with Crippen LogP contribution in [0.5, 0.6) is 5.75 Å². The second kappa shape index (κ2) is 6.80. The van der Waals surface area contributed by atoms with Gasteiger partial charge in [-0.1, -0.05) is 13.3 Å². The molecule has 0 saturated carbocycles. The largest absolute Gasteiger partial charge is 0.497 e. The highest BCUT2D eigenvalue weighted by atomic mass is 16.5. The monoisotopic (exact) mass is 262 g/mol. The Labute approximate surface area is 116 Å². The lowest BCUT2D eigenvalue weighted by atomic mass is 10.1. The highest BCUT2D eigenvalue weighted by Crippen LogP contribution is 2.26. The van der Waals surface area contributed by atoms with Gasteiger partial charge in [0, 0.05) is 24.8 Å². The molecule has 1 N–H and O–H groups in total. The molecule has 3 nitrogen and oxygen atoms in total. The fraction of sp³-hybridized carbons (Fsp3) is 0.625. The summed E-state index contributed by atoms with van der Waals surface area (Å²) in [5, 5.41) is 3.66. The number of nitrogens with zero attached hydrogens (tertiary/aromatic N) is 1. The summed E-state index contributed by atoms with van der Waals surface area (Å²) in [6.07, 6.45) is 3.71. The summed E-state index contributed by atoms with van der Waals surface area (Å²) in [7, 11) is 1.72. The Kier molecular flexibility index (Phi) is 5.08. The molecule has 1 saturated heterocycles. The Morgan fingerprint density at radius 1 is 1.42 bits per heavy atom. The van der Waals surface area contributed by atoms with Crippen molar-refractivity contribution in [3.63, 3.8) is 0 Å². The fourth-order valence-electron chi connectivity index (χ4n) is 2.87. The topological polar surface area (TPSA) is 24.5 Å². The molecule has 0 aromatic heterocycles. The normalized spacial score (nSPS) is 20.2. The van der Waals surface area contributed by atoms with Crippen LogP contribution in [0.1, 0.15) is 31.7 Å². The Hall–Kier alpha value is -1.22. The van der Waals surface area contributed by atoms with Crippen LogP contribution in [0.25, 0.3) is 0 Å². The van der Waals surface area contributed by atoms with Gasteiger partial charge in [-0.2, -0.15) is 0 Å². The first kappa shape index (κ1) is 14.2. The minimum Gasteiger partial charge on any atom is -0.497 e. The summed E-state index contributed by atoms with van der Waals surface area (Å²) in [5.41, 5.74) is 2.65. The number of benzene rings is 1. The third kappa shape index (κ3) is 3.63. The Morgan fingerprint density at radius 2 is 2.26 bits per heavy atom. The molecule has 106 valence electrons. The van der Waals surface area contributed by atoms with Crippen molar-refractivity contribution < 1.29 is 4.74 Å². The minimum atomic E-state index is 0.619. The maximum absolute atomic E-state index is 5.29. The highest BCUT2D eigenvalue weighted by Gasteiger charge is 2.18. The van der Waals surface area contributed by atoms with Gasteiger partial charge in [-0.05, 0) is 50.1 Å². The second-order valence-electron chi connectivity index (χ2n) is 5.39. The first-order valence-corrected chi connectivity index (χ1v) is 7.37. The molecule has 1 aliphatic heterocycles. The molecule has 3 heteroatoms. The van der Waals surface area contributed by atoms with E-state index in [4.69, 9.17) is 4.74 Å². The molecular formula is C16H26N2O. The number of rotatable bonds is 4. The number of hydrogen-bond acceptors (Lipinski definition) is 3. The zero-order valence-electron chi connectivity index (χ0n) is 12.4. The molecule has 0 radical (unpaired) electrons. The lowest BCUT2D eigenvalue weighted by molar-refractivity contribution is 0.414. The minimum absolute atomic E-state index is 0.619. The standard InChI is InChI=1S/C16H26N2O/c1-4-6-14-12-18(10-5-9-17-14)16-8-7-15(19-3)11-13(16)2/h7-8,11,14,17H,4-6,9-10,12H2,1-3H3. The van der Waals surface area contributed by atoms with E-state index >= 15 is 0 Å². The average Bonchev–Trinajstić information content (AvgIpc) is 2.64. The van der Waals surface area contributed by atoms with E-state index in [2.05, 4.69) is 42.3 Å². The lowest BCUT2D eigenvalue weighted by Gasteiger charge is -2.28. The molecule has 0 amide bonds. The van der Waals surface area contributed by atoms with Crippen LogP contribution in [-0.2, 0) is 0 Å². The quantitative estimate of drug-likeness (QED) is 0.903. The molecule has 1 aliphatic rings. The smallest absolute Gasteiger partial charge is 0.119 e. The first-order chi connectivity index (χ1) is 9.24. The van der Waals surface area contributed by atoms with Crippen LogP contribution in [0.2, 0.25) is 0 Å². The molecular weight excluding hydrogens is 236 g/mol. The van der Waals surface area contributed by atoms with E-state index in [1.54, 1.807) is 7.11 Å². The Balaban J connectivity index is 2.14. The van der Waals surface area contributed by atoms with Crippen molar-refractivity contribution in [2.45, 2.75) is 39.2 Å². The number of methoxy groups -OCH3 is 1. The van der Waals surface area contributed by atoms with Crippen LogP contribution in [0.3, 0.4) is 0 Å². The lowest BCUT2D eigenvalue weighted by Crippen LogP contribution is -2.37. The Bertz CT molecular complexity index is 406. The molecule has 1 fully saturated rings. The number of ether oxygens (including phenoxy) is 1. The summed E-state index contributed by atoms with van der Waals surface area (Å²) in [4.78, 5) is 2.52. The van der Waals surface area contributed by atoms with E-state index in [0.717, 1.165) is 25.4 Å². The van der Waals surface area contributed by atoms with E-state index in [1.165, 1.54) is 30.5 Å². The van der Waals surface area contributed by atoms with E-state index in [1.807, 2.05) is 0 Å². The zero-order chi connectivity index (χ0) is 13.7. The Morgan fingerprint density at radius 3 is 2.95 bits per heavy atom. The van der Waals surface area contributed by atoms with Crippen molar-refractivity contribution in [1.82, 2.24) is 5.32 Å². The van der Waals surface area contributed by atoms with Crippen LogP contribution in [-0.4, -0.2) is 32.8 Å². The van der Waals surface area contributed by atoms with Gasteiger partial charge in [0.05, 0.1) is 7.11 Å². The third-order valence-corrected chi connectivity index (χ3v) is 3.86. The van der Waals surface area contributed by atoms with Gasteiger partial charge in [0.1, 0.15) is 5.75 Å². The van der Waals surface area contributed by atoms with E-state index in [-0.39, 0.29) is 0 Å². The van der Waals surface area contributed by atoms with Gasteiger partial charge in [-0.15, -0.1) is 0 Å². The average molecular weight is 262 g/mol. The van der Waals surface area contributed by atoms with Gasteiger partial charge in [-0.25, -0.2) is 0 Å². The fourth-order valence-corrected chi connectivity index (χ4v) is 2.87. The van der Waals surface area contributed by atoms with Gasteiger partial charge in [0.25, 0.3) is 0 Å². The van der Waals surface area contributed by atoms with Crippen molar-refractivity contribution in [3.05, 3.63) is 23.8 Å². The maximum atomic E-state index is 5.29. The van der Waals surface area contributed by atoms with Crippen molar-refractivity contribution in [1.29, 1.82) is 0 Å².